The van der Waals surface area contributed by atoms with Crippen molar-refractivity contribution in [3.8, 4) is 11.6 Å². The van der Waals surface area contributed by atoms with E-state index in [1.807, 2.05) is 0 Å². The molecule has 0 saturated carbocycles. The van der Waals surface area contributed by atoms with E-state index in [1.165, 1.54) is 32.7 Å². The van der Waals surface area contributed by atoms with Crippen LogP contribution in [0.15, 0.2) is 30.6 Å². The molecule has 0 spiro atoms. The van der Waals surface area contributed by atoms with Gasteiger partial charge in [-0.25, -0.2) is 14.8 Å². The summed E-state index contributed by atoms with van der Waals surface area (Å²) in [5.41, 5.74) is 1.01. The molecule has 0 radical (unpaired) electrons. The van der Waals surface area contributed by atoms with Crippen molar-refractivity contribution in [2.45, 2.75) is 6.61 Å². The van der Waals surface area contributed by atoms with Crippen LogP contribution in [0, 0.1) is 0 Å². The van der Waals surface area contributed by atoms with Crippen LogP contribution in [0.1, 0.15) is 26.4 Å². The van der Waals surface area contributed by atoms with Gasteiger partial charge in [-0.05, 0) is 6.07 Å². The molecule has 7 nitrogen and oxygen atoms in total. The van der Waals surface area contributed by atoms with Gasteiger partial charge in [-0.1, -0.05) is 6.07 Å². The summed E-state index contributed by atoms with van der Waals surface area (Å²) < 4.78 is 15.2. The second-order valence-corrected chi connectivity index (χ2v) is 4.17. The van der Waals surface area contributed by atoms with E-state index in [0.717, 1.165) is 0 Å². The average molecular weight is 302 g/mol. The third kappa shape index (κ3) is 3.38. The number of carbonyl (C=O) groups excluding carboxylic acids is 2. The first-order valence-electron chi connectivity index (χ1n) is 6.33. The normalized spacial score (nSPS) is 9.91. The highest BCUT2D eigenvalue weighted by Crippen LogP contribution is 2.21. The molecule has 2 rings (SSSR count). The number of nitrogens with zero attached hydrogens (tertiary/aromatic N) is 2. The van der Waals surface area contributed by atoms with Crippen LogP contribution < -0.4 is 9.47 Å². The molecule has 0 aliphatic carbocycles. The van der Waals surface area contributed by atoms with Gasteiger partial charge < -0.3 is 14.2 Å². The van der Waals surface area contributed by atoms with Gasteiger partial charge >= 0.3 is 5.97 Å². The predicted molar refractivity (Wildman–Crippen MR) is 76.1 cm³/mol. The third-order valence-corrected chi connectivity index (χ3v) is 2.86. The molecule has 2 aromatic heterocycles. The Hall–Kier alpha value is -2.96. The molecule has 2 heterocycles. The van der Waals surface area contributed by atoms with E-state index in [9.17, 15) is 9.59 Å². The molecule has 0 amide bonds. The Morgan fingerprint density at radius 3 is 2.82 bits per heavy atom. The topological polar surface area (TPSA) is 87.6 Å². The Morgan fingerprint density at radius 2 is 2.14 bits per heavy atom. The van der Waals surface area contributed by atoms with Crippen molar-refractivity contribution in [1.29, 1.82) is 0 Å². The number of aromatic nitrogens is 2. The smallest absolute Gasteiger partial charge is 0.357 e. The van der Waals surface area contributed by atoms with Gasteiger partial charge in [0.1, 0.15) is 12.4 Å². The Balaban J connectivity index is 2.20. The Bertz CT molecular complexity index is 687. The summed E-state index contributed by atoms with van der Waals surface area (Å²) in [6.07, 6.45) is 3.52. The second kappa shape index (κ2) is 7.16. The Labute approximate surface area is 126 Å². The lowest BCUT2D eigenvalue weighted by Crippen LogP contribution is -2.10. The van der Waals surface area contributed by atoms with Gasteiger partial charge in [0.2, 0.25) is 5.88 Å². The summed E-state index contributed by atoms with van der Waals surface area (Å²) in [7, 11) is 2.73. The molecule has 2 aromatic rings. The first-order valence-corrected chi connectivity index (χ1v) is 6.33. The number of esters is 1. The maximum Gasteiger partial charge on any atom is 0.357 e. The van der Waals surface area contributed by atoms with Gasteiger partial charge in [0.05, 0.1) is 26.0 Å². The first kappa shape index (κ1) is 15.4. The van der Waals surface area contributed by atoms with Crippen molar-refractivity contribution >= 4 is 12.3 Å². The van der Waals surface area contributed by atoms with Crippen LogP contribution in [0.5, 0.6) is 11.6 Å². The zero-order valence-corrected chi connectivity index (χ0v) is 12.1. The largest absolute Gasteiger partial charge is 0.486 e. The molecule has 0 aliphatic rings. The molecule has 0 N–H and O–H groups in total. The molecule has 0 bridgehead atoms. The maximum atomic E-state index is 11.6. The Kier molecular flexibility index (Phi) is 5.02. The molecular weight excluding hydrogens is 288 g/mol. The van der Waals surface area contributed by atoms with Gasteiger partial charge in [0, 0.05) is 17.8 Å². The van der Waals surface area contributed by atoms with Crippen molar-refractivity contribution in [2.24, 2.45) is 0 Å². The number of carbonyl (C=O) groups is 2. The minimum atomic E-state index is -0.553. The molecule has 7 heteroatoms. The molecule has 0 fully saturated rings. The fraction of sp³-hybridized carbons (Fsp3) is 0.200. The highest BCUT2D eigenvalue weighted by Gasteiger charge is 2.14. The molecule has 0 atom stereocenters. The molecule has 0 saturated heterocycles. The minimum Gasteiger partial charge on any atom is -0.486 e. The van der Waals surface area contributed by atoms with E-state index in [0.29, 0.717) is 23.3 Å². The SMILES string of the molecule is COC(=O)c1ncccc1COc1cnc(OC)cc1C=O. The lowest BCUT2D eigenvalue weighted by molar-refractivity contribution is 0.0590. The summed E-state index contributed by atoms with van der Waals surface area (Å²) in [4.78, 5) is 30.7. The summed E-state index contributed by atoms with van der Waals surface area (Å²) in [5, 5.41) is 0. The molecule has 0 unspecified atom stereocenters. The predicted octanol–water partition coefficient (Wildman–Crippen LogP) is 1.66. The molecule has 114 valence electrons. The number of rotatable bonds is 6. The zero-order chi connectivity index (χ0) is 15.9. The van der Waals surface area contributed by atoms with Gasteiger partial charge in [-0.2, -0.15) is 0 Å². The summed E-state index contributed by atoms with van der Waals surface area (Å²) in [5.74, 6) is 0.0456. The van der Waals surface area contributed by atoms with Crippen LogP contribution in [-0.2, 0) is 11.3 Å². The van der Waals surface area contributed by atoms with Crippen molar-refractivity contribution in [2.75, 3.05) is 14.2 Å². The highest BCUT2D eigenvalue weighted by atomic mass is 16.5. The van der Waals surface area contributed by atoms with E-state index in [4.69, 9.17) is 9.47 Å². The van der Waals surface area contributed by atoms with Gasteiger partial charge in [0.15, 0.2) is 12.0 Å². The van der Waals surface area contributed by atoms with Crippen LogP contribution in [0.4, 0.5) is 0 Å². The van der Waals surface area contributed by atoms with E-state index in [1.54, 1.807) is 12.1 Å². The van der Waals surface area contributed by atoms with Crippen molar-refractivity contribution < 1.29 is 23.8 Å². The lowest BCUT2D eigenvalue weighted by Gasteiger charge is -2.10. The molecular formula is C15H14N2O5. The van der Waals surface area contributed by atoms with Gasteiger partial charge in [0.25, 0.3) is 0 Å². The van der Waals surface area contributed by atoms with Crippen LogP contribution in [-0.4, -0.2) is 36.4 Å². The van der Waals surface area contributed by atoms with E-state index in [-0.39, 0.29) is 18.1 Å². The van der Waals surface area contributed by atoms with Crippen molar-refractivity contribution in [3.05, 3.63) is 47.4 Å². The zero-order valence-electron chi connectivity index (χ0n) is 12.1. The quantitative estimate of drug-likeness (QED) is 0.592. The average Bonchev–Trinajstić information content (AvgIpc) is 2.59. The summed E-state index contributed by atoms with van der Waals surface area (Å²) in [6, 6.07) is 4.83. The number of methoxy groups -OCH3 is 2. The Morgan fingerprint density at radius 1 is 1.32 bits per heavy atom. The number of ether oxygens (including phenoxy) is 3. The minimum absolute atomic E-state index is 0.0487. The van der Waals surface area contributed by atoms with Gasteiger partial charge in [-0.3, -0.25) is 4.79 Å². The van der Waals surface area contributed by atoms with Crippen LogP contribution in [0.3, 0.4) is 0 Å². The second-order valence-electron chi connectivity index (χ2n) is 4.17. The highest BCUT2D eigenvalue weighted by molar-refractivity contribution is 5.88. The fourth-order valence-electron chi connectivity index (χ4n) is 1.75. The van der Waals surface area contributed by atoms with Crippen molar-refractivity contribution in [3.63, 3.8) is 0 Å². The number of aldehydes is 1. The van der Waals surface area contributed by atoms with E-state index in [2.05, 4.69) is 14.7 Å². The maximum absolute atomic E-state index is 11.6. The fourth-order valence-corrected chi connectivity index (χ4v) is 1.75. The summed E-state index contributed by atoms with van der Waals surface area (Å²) >= 11 is 0. The molecule has 0 aromatic carbocycles. The van der Waals surface area contributed by atoms with Crippen LogP contribution in [0.25, 0.3) is 0 Å². The van der Waals surface area contributed by atoms with Crippen LogP contribution >= 0.6 is 0 Å². The van der Waals surface area contributed by atoms with Gasteiger partial charge in [-0.15, -0.1) is 0 Å². The number of hydrogen-bond acceptors (Lipinski definition) is 7. The number of hydrogen-bond donors (Lipinski definition) is 0. The molecule has 22 heavy (non-hydrogen) atoms. The first-order chi connectivity index (χ1) is 10.7. The van der Waals surface area contributed by atoms with Crippen molar-refractivity contribution in [1.82, 2.24) is 9.97 Å². The number of pyridine rings is 2. The van der Waals surface area contributed by atoms with Crippen LogP contribution in [0.2, 0.25) is 0 Å². The molecule has 0 aliphatic heterocycles. The summed E-state index contributed by atoms with van der Waals surface area (Å²) in [6.45, 7) is 0.0487. The van der Waals surface area contributed by atoms with E-state index >= 15 is 0 Å². The third-order valence-electron chi connectivity index (χ3n) is 2.86. The standard InChI is InChI=1S/C15H14N2O5/c1-20-13-6-11(8-18)12(7-17-13)22-9-10-4-3-5-16-14(10)15(19)21-2/h3-8H,9H2,1-2H3. The monoisotopic (exact) mass is 302 g/mol. The van der Waals surface area contributed by atoms with E-state index < -0.39 is 5.97 Å². The lowest BCUT2D eigenvalue weighted by atomic mass is 10.2.